The van der Waals surface area contributed by atoms with Gasteiger partial charge in [-0.3, -0.25) is 4.79 Å². The molecule has 0 radical (unpaired) electrons. The number of carbonyl (C=O) groups is 1. The minimum Gasteiger partial charge on any atom is -0.397 e. The summed E-state index contributed by atoms with van der Waals surface area (Å²) < 4.78 is 0. The van der Waals surface area contributed by atoms with Crippen molar-refractivity contribution in [3.05, 3.63) is 66.2 Å². The lowest BCUT2D eigenvalue weighted by Gasteiger charge is -2.13. The normalized spacial score (nSPS) is 10.3. The molecule has 6 heteroatoms. The van der Waals surface area contributed by atoms with Crippen LogP contribution in [-0.2, 0) is 4.79 Å². The van der Waals surface area contributed by atoms with Gasteiger partial charge in [0.15, 0.2) is 0 Å². The molecule has 3 rings (SSSR count). The average Bonchev–Trinajstić information content (AvgIpc) is 3.11. The van der Waals surface area contributed by atoms with Crippen LogP contribution in [0.1, 0.15) is 12.5 Å². The summed E-state index contributed by atoms with van der Waals surface area (Å²) in [6.07, 6.45) is 1.65. The lowest BCUT2D eigenvalue weighted by Crippen LogP contribution is -2.07. The van der Waals surface area contributed by atoms with E-state index < -0.39 is 0 Å². The number of anilines is 3. The molecule has 0 saturated heterocycles. The van der Waals surface area contributed by atoms with Crippen molar-refractivity contribution in [3.8, 4) is 10.4 Å². The molecule has 1 aromatic carbocycles. The number of carbonyl (C=O) groups excluding carboxylic acids is 1. The zero-order valence-electron chi connectivity index (χ0n) is 13.7. The van der Waals surface area contributed by atoms with Crippen molar-refractivity contribution in [1.82, 2.24) is 4.98 Å². The lowest BCUT2D eigenvalue weighted by atomic mass is 10.1. The summed E-state index contributed by atoms with van der Waals surface area (Å²) in [6.45, 7) is 5.50. The maximum Gasteiger partial charge on any atom is 0.222 e. The highest BCUT2D eigenvalue weighted by Crippen LogP contribution is 2.31. The Bertz CT molecular complexity index is 902. The van der Waals surface area contributed by atoms with Gasteiger partial charge in [0.1, 0.15) is 5.82 Å². The van der Waals surface area contributed by atoms with Crippen LogP contribution in [0.15, 0.2) is 60.6 Å². The molecule has 3 aromatic rings. The van der Waals surface area contributed by atoms with Crippen LogP contribution >= 0.6 is 11.3 Å². The molecule has 0 atom stereocenters. The minimum absolute atomic E-state index is 0.157. The number of hydrogen-bond acceptors (Lipinski definition) is 5. The molecule has 0 aliphatic carbocycles. The molecule has 1 amide bonds. The minimum atomic E-state index is -0.157. The summed E-state index contributed by atoms with van der Waals surface area (Å²) in [5.41, 5.74) is 10.1. The number of benzene rings is 1. The van der Waals surface area contributed by atoms with Crippen LogP contribution in [0.25, 0.3) is 16.1 Å². The summed E-state index contributed by atoms with van der Waals surface area (Å²) in [7, 11) is 0. The molecule has 0 saturated carbocycles. The molecule has 5 nitrogen and oxygen atoms in total. The van der Waals surface area contributed by atoms with E-state index >= 15 is 0 Å². The van der Waals surface area contributed by atoms with E-state index in [2.05, 4.69) is 28.3 Å². The summed E-state index contributed by atoms with van der Waals surface area (Å²) in [5, 5.41) is 7.92. The molecule has 0 unspecified atom stereocenters. The number of nitrogens with two attached hydrogens (primary N) is 1. The number of nitrogens with one attached hydrogen (secondary N) is 2. The van der Waals surface area contributed by atoms with Crippen molar-refractivity contribution in [2.45, 2.75) is 6.92 Å². The van der Waals surface area contributed by atoms with Gasteiger partial charge in [-0.15, -0.1) is 11.3 Å². The Morgan fingerprint density at radius 1 is 1.20 bits per heavy atom. The highest BCUT2D eigenvalue weighted by atomic mass is 32.1. The second-order valence-electron chi connectivity index (χ2n) is 5.50. The van der Waals surface area contributed by atoms with Crippen LogP contribution in [-0.4, -0.2) is 10.9 Å². The Hall–Kier alpha value is -3.12. The number of amides is 1. The largest absolute Gasteiger partial charge is 0.397 e. The van der Waals surface area contributed by atoms with Gasteiger partial charge >= 0.3 is 0 Å². The Morgan fingerprint density at radius 2 is 2.04 bits per heavy atom. The average molecular weight is 350 g/mol. The van der Waals surface area contributed by atoms with E-state index in [0.29, 0.717) is 17.2 Å². The van der Waals surface area contributed by atoms with Gasteiger partial charge in [0.2, 0.25) is 5.91 Å². The van der Waals surface area contributed by atoms with Crippen LogP contribution < -0.4 is 16.4 Å². The summed E-state index contributed by atoms with van der Waals surface area (Å²) in [4.78, 5) is 16.4. The predicted molar refractivity (Wildman–Crippen MR) is 105 cm³/mol. The standard InChI is InChI=1S/C19H18N4OS/c1-12(15-6-8-19(21-11-15)23-13(2)24)22-17-10-14(5-7-16(17)20)18-4-3-9-25-18/h3-11,22H,1,20H2,2H3,(H,21,23,24). The highest BCUT2D eigenvalue weighted by molar-refractivity contribution is 7.13. The van der Waals surface area contributed by atoms with Gasteiger partial charge < -0.3 is 16.4 Å². The fourth-order valence-corrected chi connectivity index (χ4v) is 3.05. The third-order valence-electron chi connectivity index (χ3n) is 3.56. The second-order valence-corrected chi connectivity index (χ2v) is 6.44. The van der Waals surface area contributed by atoms with Crippen molar-refractivity contribution >= 4 is 40.1 Å². The molecule has 2 heterocycles. The SMILES string of the molecule is C=C(Nc1cc(-c2cccs2)ccc1N)c1ccc(NC(C)=O)nc1. The molecule has 0 fully saturated rings. The topological polar surface area (TPSA) is 80.0 Å². The molecule has 0 aliphatic rings. The van der Waals surface area contributed by atoms with Crippen LogP contribution in [0.2, 0.25) is 0 Å². The number of nitrogen functional groups attached to an aromatic ring is 1. The molecule has 25 heavy (non-hydrogen) atoms. The third-order valence-corrected chi connectivity index (χ3v) is 4.48. The van der Waals surface area contributed by atoms with Gasteiger partial charge in [-0.05, 0) is 41.3 Å². The van der Waals surface area contributed by atoms with Gasteiger partial charge in [0.05, 0.1) is 11.4 Å². The Morgan fingerprint density at radius 3 is 2.68 bits per heavy atom. The first-order chi connectivity index (χ1) is 12.0. The van der Waals surface area contributed by atoms with E-state index in [0.717, 1.165) is 16.8 Å². The molecule has 0 spiro atoms. The number of pyridine rings is 1. The Kier molecular flexibility index (Phi) is 4.81. The van der Waals surface area contributed by atoms with Crippen LogP contribution in [0.5, 0.6) is 0 Å². The number of thiophene rings is 1. The van der Waals surface area contributed by atoms with Gasteiger partial charge in [0, 0.05) is 29.3 Å². The van der Waals surface area contributed by atoms with Crippen LogP contribution in [0.3, 0.4) is 0 Å². The molecule has 126 valence electrons. The van der Waals surface area contributed by atoms with Crippen LogP contribution in [0, 0.1) is 0 Å². The summed E-state index contributed by atoms with van der Waals surface area (Å²) in [6, 6.07) is 13.5. The second kappa shape index (κ2) is 7.19. The van der Waals surface area contributed by atoms with Gasteiger partial charge in [0.25, 0.3) is 0 Å². The quantitative estimate of drug-likeness (QED) is 0.595. The van der Waals surface area contributed by atoms with E-state index in [9.17, 15) is 4.79 Å². The Balaban J connectivity index is 1.78. The van der Waals surface area contributed by atoms with Crippen molar-refractivity contribution < 1.29 is 4.79 Å². The van der Waals surface area contributed by atoms with E-state index in [1.165, 1.54) is 11.8 Å². The highest BCUT2D eigenvalue weighted by Gasteiger charge is 2.07. The maximum atomic E-state index is 11.0. The fourth-order valence-electron chi connectivity index (χ4n) is 2.32. The number of hydrogen-bond donors (Lipinski definition) is 3. The van der Waals surface area contributed by atoms with Crippen LogP contribution in [0.4, 0.5) is 17.2 Å². The number of nitrogens with zero attached hydrogens (tertiary/aromatic N) is 1. The zero-order valence-corrected chi connectivity index (χ0v) is 14.6. The van der Waals surface area contributed by atoms with E-state index in [1.807, 2.05) is 35.7 Å². The Labute approximate surface area is 150 Å². The van der Waals surface area contributed by atoms with Gasteiger partial charge in [-0.2, -0.15) is 0 Å². The fraction of sp³-hybridized carbons (Fsp3) is 0.0526. The summed E-state index contributed by atoms with van der Waals surface area (Å²) >= 11 is 1.68. The van der Waals surface area contributed by atoms with E-state index in [1.54, 1.807) is 23.6 Å². The number of rotatable bonds is 5. The van der Waals surface area contributed by atoms with Gasteiger partial charge in [-0.1, -0.05) is 18.7 Å². The van der Waals surface area contributed by atoms with E-state index in [4.69, 9.17) is 5.73 Å². The molecule has 0 bridgehead atoms. The van der Waals surface area contributed by atoms with Crippen molar-refractivity contribution in [3.63, 3.8) is 0 Å². The first-order valence-corrected chi connectivity index (χ1v) is 8.54. The van der Waals surface area contributed by atoms with E-state index in [-0.39, 0.29) is 5.91 Å². The lowest BCUT2D eigenvalue weighted by molar-refractivity contribution is -0.114. The summed E-state index contributed by atoms with van der Waals surface area (Å²) in [5.74, 6) is 0.346. The van der Waals surface area contributed by atoms with Crippen molar-refractivity contribution in [1.29, 1.82) is 0 Å². The smallest absolute Gasteiger partial charge is 0.222 e. The van der Waals surface area contributed by atoms with Crippen molar-refractivity contribution in [2.75, 3.05) is 16.4 Å². The zero-order chi connectivity index (χ0) is 17.8. The monoisotopic (exact) mass is 350 g/mol. The van der Waals surface area contributed by atoms with Gasteiger partial charge in [-0.25, -0.2) is 4.98 Å². The van der Waals surface area contributed by atoms with Crippen molar-refractivity contribution in [2.24, 2.45) is 0 Å². The molecular formula is C19H18N4OS. The predicted octanol–water partition coefficient (Wildman–Crippen LogP) is 4.43. The molecule has 0 aliphatic heterocycles. The first kappa shape index (κ1) is 16.7. The maximum absolute atomic E-state index is 11.0. The first-order valence-electron chi connectivity index (χ1n) is 7.66. The third kappa shape index (κ3) is 4.05. The molecule has 2 aromatic heterocycles. The molecular weight excluding hydrogens is 332 g/mol. The molecule has 4 N–H and O–H groups in total. The number of aromatic nitrogens is 1.